The van der Waals surface area contributed by atoms with E-state index in [2.05, 4.69) is 5.32 Å². The van der Waals surface area contributed by atoms with Crippen LogP contribution in [-0.2, 0) is 9.59 Å². The molecule has 0 radical (unpaired) electrons. The third kappa shape index (κ3) is 4.08. The Hall–Kier alpha value is -2.53. The Labute approximate surface area is 164 Å². The van der Waals surface area contributed by atoms with Crippen LogP contribution < -0.4 is 15.0 Å². The molecule has 0 bridgehead atoms. The summed E-state index contributed by atoms with van der Waals surface area (Å²) < 4.78 is 5.30. The van der Waals surface area contributed by atoms with Crippen LogP contribution in [0.1, 0.15) is 18.9 Å². The van der Waals surface area contributed by atoms with E-state index in [-0.39, 0.29) is 23.7 Å². The maximum atomic E-state index is 12.8. The first-order valence-corrected chi connectivity index (χ1v) is 9.35. The van der Waals surface area contributed by atoms with Crippen molar-refractivity contribution in [2.45, 2.75) is 20.3 Å². The molecule has 2 unspecified atom stereocenters. The lowest BCUT2D eigenvalue weighted by Gasteiger charge is -2.21. The van der Waals surface area contributed by atoms with Crippen molar-refractivity contribution >= 4 is 34.8 Å². The van der Waals surface area contributed by atoms with Crippen LogP contribution in [0.15, 0.2) is 42.5 Å². The number of aryl methyl sites for hydroxylation is 1. The Balaban J connectivity index is 1.69. The normalized spacial score (nSPS) is 17.9. The van der Waals surface area contributed by atoms with E-state index in [1.807, 2.05) is 44.2 Å². The van der Waals surface area contributed by atoms with Gasteiger partial charge in [0.25, 0.3) is 0 Å². The van der Waals surface area contributed by atoms with E-state index >= 15 is 0 Å². The number of hydrogen-bond acceptors (Lipinski definition) is 3. The second-order valence-electron chi connectivity index (χ2n) is 6.66. The zero-order valence-corrected chi connectivity index (χ0v) is 16.4. The number of anilines is 2. The Kier molecular flexibility index (Phi) is 5.71. The summed E-state index contributed by atoms with van der Waals surface area (Å²) in [7, 11) is 1.53. The number of amides is 2. The van der Waals surface area contributed by atoms with Crippen molar-refractivity contribution in [3.05, 3.63) is 53.1 Å². The lowest BCUT2D eigenvalue weighted by atomic mass is 10.2. The van der Waals surface area contributed by atoms with Gasteiger partial charge in [-0.1, -0.05) is 29.8 Å². The molecule has 5 nitrogen and oxygen atoms in total. The van der Waals surface area contributed by atoms with Gasteiger partial charge in [0.1, 0.15) is 5.75 Å². The maximum Gasteiger partial charge on any atom is 0.230 e. The molecule has 0 heterocycles. The summed E-state index contributed by atoms with van der Waals surface area (Å²) in [5.74, 6) is -0.289. The Morgan fingerprint density at radius 3 is 2.56 bits per heavy atom. The summed E-state index contributed by atoms with van der Waals surface area (Å²) in [5, 5.41) is 3.45. The van der Waals surface area contributed by atoms with Crippen LogP contribution in [0.5, 0.6) is 5.75 Å². The SMILES string of the molecule is CCN(C(=O)C1CC1C(=O)Nc1cc(C)c(Cl)cc1OC)c1ccccc1. The highest BCUT2D eigenvalue weighted by molar-refractivity contribution is 6.31. The van der Waals surface area contributed by atoms with Crippen molar-refractivity contribution < 1.29 is 14.3 Å². The first kappa shape index (κ1) is 19.2. The van der Waals surface area contributed by atoms with E-state index in [1.165, 1.54) is 7.11 Å². The van der Waals surface area contributed by atoms with Gasteiger partial charge < -0.3 is 15.0 Å². The fourth-order valence-electron chi connectivity index (χ4n) is 3.19. The molecule has 2 aromatic carbocycles. The molecule has 6 heteroatoms. The zero-order chi connectivity index (χ0) is 19.6. The Morgan fingerprint density at radius 1 is 1.22 bits per heavy atom. The number of carbonyl (C=O) groups is 2. The van der Waals surface area contributed by atoms with E-state index < -0.39 is 0 Å². The smallest absolute Gasteiger partial charge is 0.230 e. The van der Waals surface area contributed by atoms with Gasteiger partial charge in [0.05, 0.1) is 24.6 Å². The standard InChI is InChI=1S/C21H23ClN2O3/c1-4-24(14-8-6-5-7-9-14)21(26)16-11-15(16)20(25)23-18-10-13(2)17(22)12-19(18)27-3/h5-10,12,15-16H,4,11H2,1-3H3,(H,23,25). The third-order valence-corrected chi connectivity index (χ3v) is 5.24. The molecule has 1 saturated carbocycles. The molecule has 0 saturated heterocycles. The third-order valence-electron chi connectivity index (χ3n) is 4.83. The molecule has 0 aliphatic heterocycles. The van der Waals surface area contributed by atoms with Crippen molar-refractivity contribution in [3.63, 3.8) is 0 Å². The minimum Gasteiger partial charge on any atom is -0.495 e. The van der Waals surface area contributed by atoms with Crippen LogP contribution in [-0.4, -0.2) is 25.5 Å². The van der Waals surface area contributed by atoms with Gasteiger partial charge in [-0.05, 0) is 44.0 Å². The summed E-state index contributed by atoms with van der Waals surface area (Å²) >= 11 is 6.11. The van der Waals surface area contributed by atoms with E-state index in [1.54, 1.807) is 17.0 Å². The van der Waals surface area contributed by atoms with Crippen LogP contribution in [0.2, 0.25) is 5.02 Å². The molecular weight excluding hydrogens is 364 g/mol. The van der Waals surface area contributed by atoms with Gasteiger partial charge in [0.15, 0.2) is 0 Å². The molecular formula is C21H23ClN2O3. The predicted octanol–water partition coefficient (Wildman–Crippen LogP) is 4.28. The molecule has 0 aromatic heterocycles. The van der Waals surface area contributed by atoms with Crippen molar-refractivity contribution in [2.75, 3.05) is 23.9 Å². The largest absolute Gasteiger partial charge is 0.495 e. The summed E-state index contributed by atoms with van der Waals surface area (Å²) in [6.45, 7) is 4.36. The lowest BCUT2D eigenvalue weighted by molar-refractivity contribution is -0.123. The van der Waals surface area contributed by atoms with Gasteiger partial charge in [0.2, 0.25) is 11.8 Å². The highest BCUT2D eigenvalue weighted by Gasteiger charge is 2.49. The van der Waals surface area contributed by atoms with Gasteiger partial charge in [-0.3, -0.25) is 9.59 Å². The summed E-state index contributed by atoms with van der Waals surface area (Å²) in [6, 6.07) is 13.0. The van der Waals surface area contributed by atoms with E-state index in [0.717, 1.165) is 11.3 Å². The van der Waals surface area contributed by atoms with Gasteiger partial charge in [0, 0.05) is 23.3 Å². The first-order valence-electron chi connectivity index (χ1n) is 8.97. The lowest BCUT2D eigenvalue weighted by Crippen LogP contribution is -2.33. The fraction of sp³-hybridized carbons (Fsp3) is 0.333. The molecule has 2 aromatic rings. The average molecular weight is 387 g/mol. The minimum atomic E-state index is -0.323. The highest BCUT2D eigenvalue weighted by atomic mass is 35.5. The first-order chi connectivity index (χ1) is 13.0. The summed E-state index contributed by atoms with van der Waals surface area (Å²) in [4.78, 5) is 27.2. The van der Waals surface area contributed by atoms with E-state index in [4.69, 9.17) is 16.3 Å². The molecule has 1 N–H and O–H groups in total. The van der Waals surface area contributed by atoms with Gasteiger partial charge in [-0.15, -0.1) is 0 Å². The van der Waals surface area contributed by atoms with Gasteiger partial charge in [-0.25, -0.2) is 0 Å². The number of nitrogens with one attached hydrogen (secondary N) is 1. The monoisotopic (exact) mass is 386 g/mol. The number of para-hydroxylation sites is 1. The molecule has 142 valence electrons. The molecule has 1 fully saturated rings. The van der Waals surface area contributed by atoms with Crippen molar-refractivity contribution in [3.8, 4) is 5.75 Å². The molecule has 27 heavy (non-hydrogen) atoms. The van der Waals surface area contributed by atoms with Gasteiger partial charge in [-0.2, -0.15) is 0 Å². The van der Waals surface area contributed by atoms with E-state index in [0.29, 0.717) is 29.4 Å². The summed E-state index contributed by atoms with van der Waals surface area (Å²) in [6.07, 6.45) is 0.558. The average Bonchev–Trinajstić information content (AvgIpc) is 3.47. The quantitative estimate of drug-likeness (QED) is 0.805. The number of ether oxygens (including phenoxy) is 1. The van der Waals surface area contributed by atoms with Crippen molar-refractivity contribution in [1.29, 1.82) is 0 Å². The van der Waals surface area contributed by atoms with Gasteiger partial charge >= 0.3 is 0 Å². The Morgan fingerprint density at radius 2 is 1.93 bits per heavy atom. The molecule has 2 amide bonds. The number of nitrogens with zero attached hydrogens (tertiary/aromatic N) is 1. The Bertz CT molecular complexity index is 854. The van der Waals surface area contributed by atoms with Crippen LogP contribution >= 0.6 is 11.6 Å². The minimum absolute atomic E-state index is 0.0110. The number of methoxy groups -OCH3 is 1. The molecule has 3 rings (SSSR count). The summed E-state index contributed by atoms with van der Waals surface area (Å²) in [5.41, 5.74) is 2.27. The molecule has 1 aliphatic rings. The predicted molar refractivity (Wildman–Crippen MR) is 107 cm³/mol. The van der Waals surface area contributed by atoms with E-state index in [9.17, 15) is 9.59 Å². The number of hydrogen-bond donors (Lipinski definition) is 1. The van der Waals surface area contributed by atoms with Crippen LogP contribution in [0.25, 0.3) is 0 Å². The van der Waals surface area contributed by atoms with Crippen molar-refractivity contribution in [2.24, 2.45) is 11.8 Å². The zero-order valence-electron chi connectivity index (χ0n) is 15.7. The molecule has 1 aliphatic carbocycles. The van der Waals surface area contributed by atoms with Crippen LogP contribution in [0.4, 0.5) is 11.4 Å². The maximum absolute atomic E-state index is 12.8. The fourth-order valence-corrected chi connectivity index (χ4v) is 3.34. The topological polar surface area (TPSA) is 58.6 Å². The molecule has 0 spiro atoms. The second-order valence-corrected chi connectivity index (χ2v) is 7.06. The number of halogens is 1. The number of carbonyl (C=O) groups excluding carboxylic acids is 2. The van der Waals surface area contributed by atoms with Crippen molar-refractivity contribution in [1.82, 2.24) is 0 Å². The van der Waals surface area contributed by atoms with Crippen LogP contribution in [0.3, 0.4) is 0 Å². The number of rotatable bonds is 6. The molecule has 2 atom stereocenters. The van der Waals surface area contributed by atoms with Crippen LogP contribution in [0, 0.1) is 18.8 Å². The number of benzene rings is 2. The second kappa shape index (κ2) is 8.01. The highest BCUT2D eigenvalue weighted by Crippen LogP contribution is 2.42.